The minimum absolute atomic E-state index is 0.239. The van der Waals surface area contributed by atoms with Gasteiger partial charge in [0.05, 0.1) is 0 Å². The maximum atomic E-state index is 12.0. The van der Waals surface area contributed by atoms with Crippen molar-refractivity contribution in [2.75, 3.05) is 56.2 Å². The minimum atomic E-state index is -0.590. The van der Waals surface area contributed by atoms with Crippen molar-refractivity contribution < 1.29 is 19.1 Å². The third kappa shape index (κ3) is 6.49. The van der Waals surface area contributed by atoms with Crippen molar-refractivity contribution in [3.05, 3.63) is 54.1 Å². The summed E-state index contributed by atoms with van der Waals surface area (Å²) in [5, 5.41) is 2.74. The number of carbonyl (C=O) groups excluding carboxylic acids is 2. The van der Waals surface area contributed by atoms with E-state index in [9.17, 15) is 9.59 Å². The first-order valence-corrected chi connectivity index (χ1v) is 10.3. The summed E-state index contributed by atoms with van der Waals surface area (Å²) in [6, 6.07) is 15.1. The van der Waals surface area contributed by atoms with Gasteiger partial charge >= 0.3 is 5.97 Å². The highest BCUT2D eigenvalue weighted by Gasteiger charge is 2.16. The van der Waals surface area contributed by atoms with Gasteiger partial charge in [-0.05, 0) is 55.4 Å². The van der Waals surface area contributed by atoms with Gasteiger partial charge in [0.15, 0.2) is 13.2 Å². The topological polar surface area (TPSA) is 71.1 Å². The summed E-state index contributed by atoms with van der Waals surface area (Å²) in [5.74, 6) is -0.385. The first kappa shape index (κ1) is 21.6. The number of esters is 1. The van der Waals surface area contributed by atoms with Gasteiger partial charge < -0.3 is 24.6 Å². The quantitative estimate of drug-likeness (QED) is 0.674. The first-order chi connectivity index (χ1) is 14.5. The predicted molar refractivity (Wildman–Crippen MR) is 117 cm³/mol. The lowest BCUT2D eigenvalue weighted by atomic mass is 10.2. The zero-order valence-corrected chi connectivity index (χ0v) is 17.6. The molecule has 0 radical (unpaired) electrons. The number of benzene rings is 2. The number of nitrogens with zero attached hydrogens (tertiary/aromatic N) is 2. The predicted octanol–water partition coefficient (Wildman–Crippen LogP) is 2.70. The van der Waals surface area contributed by atoms with E-state index in [0.29, 0.717) is 11.4 Å². The van der Waals surface area contributed by atoms with Crippen LogP contribution in [0.2, 0.25) is 0 Å². The zero-order valence-electron chi connectivity index (χ0n) is 17.6. The Morgan fingerprint density at radius 3 is 2.40 bits per heavy atom. The molecule has 160 valence electrons. The van der Waals surface area contributed by atoms with Crippen molar-refractivity contribution in [3.8, 4) is 5.75 Å². The first-order valence-electron chi connectivity index (χ1n) is 10.3. The average molecular weight is 412 g/mol. The molecule has 7 heteroatoms. The monoisotopic (exact) mass is 411 g/mol. The van der Waals surface area contributed by atoms with Crippen LogP contribution in [0.1, 0.15) is 12.5 Å². The largest absolute Gasteiger partial charge is 0.482 e. The number of nitrogens with one attached hydrogen (secondary N) is 1. The third-order valence-corrected chi connectivity index (χ3v) is 5.05. The molecule has 30 heavy (non-hydrogen) atoms. The molecular formula is C23H29N3O4. The zero-order chi connectivity index (χ0) is 21.3. The fourth-order valence-corrected chi connectivity index (χ4v) is 3.31. The molecule has 0 saturated carbocycles. The standard InChI is InChI=1S/C23H29N3O4/c1-3-25-11-13-26(14-12-25)20-9-7-19(8-10-20)24-22(27)16-30-23(28)17-29-21-6-4-5-18(2)15-21/h4-10,15H,3,11-14,16-17H2,1-2H3,(H,24,27). The molecule has 1 aliphatic rings. The third-order valence-electron chi connectivity index (χ3n) is 5.05. The number of aryl methyl sites for hydroxylation is 1. The van der Waals surface area contributed by atoms with Crippen molar-refractivity contribution in [3.63, 3.8) is 0 Å². The van der Waals surface area contributed by atoms with Crippen LogP contribution >= 0.6 is 0 Å². The molecule has 1 aliphatic heterocycles. The second kappa shape index (κ2) is 10.6. The number of carbonyl (C=O) groups is 2. The van der Waals surface area contributed by atoms with Gasteiger partial charge in [0.1, 0.15) is 5.75 Å². The Morgan fingerprint density at radius 2 is 1.73 bits per heavy atom. The molecule has 0 atom stereocenters. The van der Waals surface area contributed by atoms with Gasteiger partial charge in [-0.2, -0.15) is 0 Å². The van der Waals surface area contributed by atoms with E-state index in [-0.39, 0.29) is 19.1 Å². The van der Waals surface area contributed by atoms with Crippen LogP contribution in [0.5, 0.6) is 5.75 Å². The second-order valence-electron chi connectivity index (χ2n) is 7.28. The summed E-state index contributed by atoms with van der Waals surface area (Å²) in [7, 11) is 0. The smallest absolute Gasteiger partial charge is 0.344 e. The fraction of sp³-hybridized carbons (Fsp3) is 0.391. The molecule has 1 amide bonds. The van der Waals surface area contributed by atoms with Gasteiger partial charge in [-0.25, -0.2) is 4.79 Å². The molecule has 2 aromatic rings. The normalized spacial score (nSPS) is 14.3. The molecule has 0 spiro atoms. The second-order valence-corrected chi connectivity index (χ2v) is 7.28. The van der Waals surface area contributed by atoms with Gasteiger partial charge in [0, 0.05) is 37.6 Å². The van der Waals surface area contributed by atoms with Crippen molar-refractivity contribution in [1.82, 2.24) is 4.90 Å². The SMILES string of the molecule is CCN1CCN(c2ccc(NC(=O)COC(=O)COc3cccc(C)c3)cc2)CC1. The summed E-state index contributed by atoms with van der Waals surface area (Å²) in [6.45, 7) is 8.74. The number of likely N-dealkylation sites (N-methyl/N-ethyl adjacent to an activating group) is 1. The van der Waals surface area contributed by atoms with E-state index in [4.69, 9.17) is 9.47 Å². The molecule has 0 unspecified atom stereocenters. The molecule has 2 aromatic carbocycles. The molecular weight excluding hydrogens is 382 g/mol. The fourth-order valence-electron chi connectivity index (χ4n) is 3.31. The highest BCUT2D eigenvalue weighted by atomic mass is 16.6. The van der Waals surface area contributed by atoms with Crippen LogP contribution in [0.15, 0.2) is 48.5 Å². The van der Waals surface area contributed by atoms with Crippen LogP contribution in [-0.2, 0) is 14.3 Å². The number of hydrogen-bond acceptors (Lipinski definition) is 6. The summed E-state index contributed by atoms with van der Waals surface area (Å²) in [4.78, 5) is 28.6. The maximum absolute atomic E-state index is 12.0. The van der Waals surface area contributed by atoms with Crippen molar-refractivity contribution in [2.45, 2.75) is 13.8 Å². The lowest BCUT2D eigenvalue weighted by Crippen LogP contribution is -2.46. The lowest BCUT2D eigenvalue weighted by molar-refractivity contribution is -0.149. The number of anilines is 2. The van der Waals surface area contributed by atoms with Gasteiger partial charge in [0.2, 0.25) is 0 Å². The van der Waals surface area contributed by atoms with Gasteiger partial charge in [-0.3, -0.25) is 4.79 Å². The summed E-state index contributed by atoms with van der Waals surface area (Å²) >= 11 is 0. The van der Waals surface area contributed by atoms with Crippen LogP contribution in [0.4, 0.5) is 11.4 Å². The number of piperazine rings is 1. The van der Waals surface area contributed by atoms with Crippen LogP contribution in [0.3, 0.4) is 0 Å². The van der Waals surface area contributed by atoms with E-state index in [2.05, 4.69) is 22.0 Å². The molecule has 1 saturated heterocycles. The molecule has 0 aromatic heterocycles. The minimum Gasteiger partial charge on any atom is -0.482 e. The molecule has 7 nitrogen and oxygen atoms in total. The van der Waals surface area contributed by atoms with Gasteiger partial charge in [0.25, 0.3) is 5.91 Å². The number of rotatable bonds is 8. The van der Waals surface area contributed by atoms with Crippen molar-refractivity contribution >= 4 is 23.3 Å². The van der Waals surface area contributed by atoms with Crippen molar-refractivity contribution in [1.29, 1.82) is 0 Å². The summed E-state index contributed by atoms with van der Waals surface area (Å²) < 4.78 is 10.3. The van der Waals surface area contributed by atoms with Crippen molar-refractivity contribution in [2.24, 2.45) is 0 Å². The van der Waals surface area contributed by atoms with Crippen LogP contribution < -0.4 is 15.0 Å². The average Bonchev–Trinajstić information content (AvgIpc) is 2.77. The molecule has 0 bridgehead atoms. The number of amides is 1. The molecule has 1 fully saturated rings. The highest BCUT2D eigenvalue weighted by Crippen LogP contribution is 2.19. The lowest BCUT2D eigenvalue weighted by Gasteiger charge is -2.35. The summed E-state index contributed by atoms with van der Waals surface area (Å²) in [5.41, 5.74) is 2.85. The Balaban J connectivity index is 1.38. The van der Waals surface area contributed by atoms with E-state index < -0.39 is 5.97 Å². The molecule has 3 rings (SSSR count). The Labute approximate surface area is 177 Å². The molecule has 1 heterocycles. The van der Waals surface area contributed by atoms with E-state index in [1.165, 1.54) is 0 Å². The highest BCUT2D eigenvalue weighted by molar-refractivity contribution is 5.93. The Hall–Kier alpha value is -3.06. The summed E-state index contributed by atoms with van der Waals surface area (Å²) in [6.07, 6.45) is 0. The molecule has 1 N–H and O–H groups in total. The van der Waals surface area contributed by atoms with Crippen LogP contribution in [-0.4, -0.2) is 62.7 Å². The van der Waals surface area contributed by atoms with Crippen LogP contribution in [0, 0.1) is 6.92 Å². The van der Waals surface area contributed by atoms with E-state index >= 15 is 0 Å². The van der Waals surface area contributed by atoms with E-state index in [1.54, 1.807) is 6.07 Å². The van der Waals surface area contributed by atoms with Gasteiger partial charge in [-0.1, -0.05) is 19.1 Å². The Morgan fingerprint density at radius 1 is 1.00 bits per heavy atom. The van der Waals surface area contributed by atoms with E-state index in [1.807, 2.05) is 49.4 Å². The Bertz CT molecular complexity index is 846. The van der Waals surface area contributed by atoms with Gasteiger partial charge in [-0.15, -0.1) is 0 Å². The molecule has 0 aliphatic carbocycles. The number of hydrogen-bond donors (Lipinski definition) is 1. The number of ether oxygens (including phenoxy) is 2. The van der Waals surface area contributed by atoms with E-state index in [0.717, 1.165) is 44.0 Å². The van der Waals surface area contributed by atoms with Crippen LogP contribution in [0.25, 0.3) is 0 Å². The maximum Gasteiger partial charge on any atom is 0.344 e. The Kier molecular flexibility index (Phi) is 7.68.